The first-order valence-electron chi connectivity index (χ1n) is 4.95. The van der Waals surface area contributed by atoms with Crippen molar-refractivity contribution in [2.45, 2.75) is 0 Å². The molecule has 0 aromatic heterocycles. The molecule has 0 radical (unpaired) electrons. The smallest absolute Gasteiger partial charge is 0.251 e. The van der Waals surface area contributed by atoms with Gasteiger partial charge in [-0.05, 0) is 12.1 Å². The van der Waals surface area contributed by atoms with Crippen molar-refractivity contribution in [1.82, 2.24) is 5.32 Å². The van der Waals surface area contributed by atoms with Gasteiger partial charge in [-0.25, -0.2) is 0 Å². The monoisotopic (exact) mass is 213 g/mol. The number of amides is 1. The molecule has 0 saturated heterocycles. The van der Waals surface area contributed by atoms with Gasteiger partial charge >= 0.3 is 0 Å². The third kappa shape index (κ3) is 2.06. The molecule has 0 saturated carbocycles. The van der Waals surface area contributed by atoms with E-state index in [4.69, 9.17) is 11.2 Å². The van der Waals surface area contributed by atoms with E-state index in [1.807, 2.05) is 30.3 Å². The van der Waals surface area contributed by atoms with Gasteiger partial charge in [-0.15, -0.1) is 6.42 Å². The zero-order valence-electron chi connectivity index (χ0n) is 8.69. The van der Waals surface area contributed by atoms with Crippen molar-refractivity contribution in [1.29, 1.82) is 0 Å². The van der Waals surface area contributed by atoms with Gasteiger partial charge in [0.1, 0.15) is 12.4 Å². The van der Waals surface area contributed by atoms with E-state index in [0.29, 0.717) is 5.57 Å². The predicted molar refractivity (Wildman–Crippen MR) is 61.8 cm³/mol. The fourth-order valence-corrected chi connectivity index (χ4v) is 1.49. The van der Waals surface area contributed by atoms with E-state index in [1.54, 1.807) is 0 Å². The number of carbonyl (C=O) groups is 1. The van der Waals surface area contributed by atoms with Crippen LogP contribution in [0, 0.1) is 12.3 Å². The number of hydrogen-bond donors (Lipinski definition) is 1. The third-order valence-electron chi connectivity index (χ3n) is 2.27. The van der Waals surface area contributed by atoms with Crippen LogP contribution in [-0.2, 0) is 4.79 Å². The Balaban J connectivity index is 2.18. The summed E-state index contributed by atoms with van der Waals surface area (Å²) in [5.41, 5.74) is 1.51. The molecule has 1 aliphatic rings. The van der Waals surface area contributed by atoms with Crippen molar-refractivity contribution in [2.24, 2.45) is 0 Å². The summed E-state index contributed by atoms with van der Waals surface area (Å²) in [5, 5.41) is 2.61. The molecular weight excluding hydrogens is 202 g/mol. The van der Waals surface area contributed by atoms with Crippen LogP contribution >= 0.6 is 0 Å². The van der Waals surface area contributed by atoms with Crippen LogP contribution in [-0.4, -0.2) is 19.1 Å². The van der Waals surface area contributed by atoms with E-state index in [-0.39, 0.29) is 19.1 Å². The number of nitrogens with one attached hydrogen (secondary N) is 1. The summed E-state index contributed by atoms with van der Waals surface area (Å²) >= 11 is 0. The van der Waals surface area contributed by atoms with Crippen LogP contribution in [0.2, 0.25) is 0 Å². The lowest BCUT2D eigenvalue weighted by Gasteiger charge is -2.16. The fourth-order valence-electron chi connectivity index (χ4n) is 1.49. The lowest BCUT2D eigenvalue weighted by Crippen LogP contribution is -2.28. The average Bonchev–Trinajstić information content (AvgIpc) is 2.35. The lowest BCUT2D eigenvalue weighted by molar-refractivity contribution is -0.117. The van der Waals surface area contributed by atoms with Crippen LogP contribution < -0.4 is 10.1 Å². The summed E-state index contributed by atoms with van der Waals surface area (Å²) in [4.78, 5) is 11.6. The van der Waals surface area contributed by atoms with Crippen molar-refractivity contribution in [3.05, 3.63) is 35.4 Å². The molecular formula is C13H11NO2. The van der Waals surface area contributed by atoms with Gasteiger partial charge < -0.3 is 10.1 Å². The third-order valence-corrected chi connectivity index (χ3v) is 2.27. The van der Waals surface area contributed by atoms with Crippen LogP contribution in [0.4, 0.5) is 0 Å². The molecule has 2 rings (SSSR count). The van der Waals surface area contributed by atoms with Crippen LogP contribution in [0.1, 0.15) is 5.56 Å². The molecule has 1 aliphatic heterocycles. The Labute approximate surface area is 94.1 Å². The first-order chi connectivity index (χ1) is 7.81. The van der Waals surface area contributed by atoms with E-state index >= 15 is 0 Å². The minimum atomic E-state index is -0.174. The fraction of sp³-hybridized carbons (Fsp3) is 0.154. The topological polar surface area (TPSA) is 38.3 Å². The number of ether oxygens (including phenoxy) is 1. The summed E-state index contributed by atoms with van der Waals surface area (Å²) in [6.07, 6.45) is 6.89. The highest BCUT2D eigenvalue weighted by atomic mass is 16.5. The number of fused-ring (bicyclic) bond motifs is 1. The number of benzene rings is 1. The quantitative estimate of drug-likeness (QED) is 0.750. The molecule has 0 spiro atoms. The zero-order valence-corrected chi connectivity index (χ0v) is 8.69. The first-order valence-corrected chi connectivity index (χ1v) is 4.95. The van der Waals surface area contributed by atoms with Gasteiger partial charge in [0.15, 0.2) is 0 Å². The van der Waals surface area contributed by atoms with E-state index in [9.17, 15) is 4.79 Å². The second-order valence-electron chi connectivity index (χ2n) is 3.38. The Hall–Kier alpha value is -2.21. The van der Waals surface area contributed by atoms with Gasteiger partial charge in [-0.1, -0.05) is 24.1 Å². The molecule has 16 heavy (non-hydrogen) atoms. The Morgan fingerprint density at radius 2 is 2.31 bits per heavy atom. The number of hydrogen-bond acceptors (Lipinski definition) is 2. The normalized spacial score (nSPS) is 12.8. The van der Waals surface area contributed by atoms with Crippen molar-refractivity contribution >= 4 is 12.0 Å². The lowest BCUT2D eigenvalue weighted by atomic mass is 10.1. The first kappa shape index (κ1) is 10.3. The van der Waals surface area contributed by atoms with E-state index in [1.165, 1.54) is 0 Å². The van der Waals surface area contributed by atoms with Crippen LogP contribution in [0.25, 0.3) is 6.08 Å². The van der Waals surface area contributed by atoms with Gasteiger partial charge in [0.25, 0.3) is 5.91 Å². The zero-order chi connectivity index (χ0) is 11.4. The van der Waals surface area contributed by atoms with E-state index in [0.717, 1.165) is 11.3 Å². The Kier molecular flexibility index (Phi) is 2.93. The Morgan fingerprint density at radius 3 is 3.12 bits per heavy atom. The second-order valence-corrected chi connectivity index (χ2v) is 3.38. The van der Waals surface area contributed by atoms with E-state index < -0.39 is 0 Å². The molecule has 0 bridgehead atoms. The SMILES string of the molecule is C#CCNC(=O)C1=Cc2ccccc2OC1. The van der Waals surface area contributed by atoms with Crippen LogP contribution in [0.5, 0.6) is 5.75 Å². The van der Waals surface area contributed by atoms with Crippen molar-refractivity contribution in [2.75, 3.05) is 13.2 Å². The molecule has 0 fully saturated rings. The minimum Gasteiger partial charge on any atom is -0.488 e. The van der Waals surface area contributed by atoms with E-state index in [2.05, 4.69) is 11.2 Å². The summed E-state index contributed by atoms with van der Waals surface area (Å²) in [5.74, 6) is 2.99. The molecule has 3 heteroatoms. The number of rotatable bonds is 2. The molecule has 0 aliphatic carbocycles. The largest absolute Gasteiger partial charge is 0.488 e. The van der Waals surface area contributed by atoms with Gasteiger partial charge in [0.05, 0.1) is 12.1 Å². The predicted octanol–water partition coefficient (Wildman–Crippen LogP) is 1.21. The van der Waals surface area contributed by atoms with Crippen LogP contribution in [0.3, 0.4) is 0 Å². The highest BCUT2D eigenvalue weighted by molar-refractivity contribution is 5.99. The highest BCUT2D eigenvalue weighted by Crippen LogP contribution is 2.25. The molecule has 1 aromatic carbocycles. The van der Waals surface area contributed by atoms with Crippen molar-refractivity contribution in [3.63, 3.8) is 0 Å². The Bertz CT molecular complexity index is 483. The maximum Gasteiger partial charge on any atom is 0.251 e. The van der Waals surface area contributed by atoms with Crippen molar-refractivity contribution < 1.29 is 9.53 Å². The molecule has 1 amide bonds. The van der Waals surface area contributed by atoms with Gasteiger partial charge in [0.2, 0.25) is 0 Å². The summed E-state index contributed by atoms with van der Waals surface area (Å²) in [7, 11) is 0. The van der Waals surface area contributed by atoms with Gasteiger partial charge in [0, 0.05) is 5.56 Å². The molecule has 1 N–H and O–H groups in total. The molecule has 3 nitrogen and oxygen atoms in total. The number of carbonyl (C=O) groups excluding carboxylic acids is 1. The summed E-state index contributed by atoms with van der Waals surface area (Å²) in [6.45, 7) is 0.519. The van der Waals surface area contributed by atoms with Gasteiger partial charge in [-0.2, -0.15) is 0 Å². The molecule has 0 unspecified atom stereocenters. The number of para-hydroxylation sites is 1. The maximum absolute atomic E-state index is 11.6. The molecule has 1 aromatic rings. The van der Waals surface area contributed by atoms with Crippen LogP contribution in [0.15, 0.2) is 29.8 Å². The maximum atomic E-state index is 11.6. The summed E-state index contributed by atoms with van der Waals surface area (Å²) in [6, 6.07) is 7.59. The second kappa shape index (κ2) is 4.54. The Morgan fingerprint density at radius 1 is 1.50 bits per heavy atom. The summed E-state index contributed by atoms with van der Waals surface area (Å²) < 4.78 is 5.46. The van der Waals surface area contributed by atoms with Crippen molar-refractivity contribution in [3.8, 4) is 18.1 Å². The molecule has 0 atom stereocenters. The standard InChI is InChI=1S/C13H11NO2/c1-2-7-14-13(15)11-8-10-5-3-4-6-12(10)16-9-11/h1,3-6,8H,7,9H2,(H,14,15). The van der Waals surface area contributed by atoms with Gasteiger partial charge in [-0.3, -0.25) is 4.79 Å². The molecule has 1 heterocycles. The average molecular weight is 213 g/mol. The minimum absolute atomic E-state index is 0.174. The molecule has 80 valence electrons. The highest BCUT2D eigenvalue weighted by Gasteiger charge is 2.15. The number of terminal acetylenes is 1.